The van der Waals surface area contributed by atoms with Crippen molar-refractivity contribution in [3.63, 3.8) is 0 Å². The summed E-state index contributed by atoms with van der Waals surface area (Å²) in [7, 11) is 0. The fourth-order valence-electron chi connectivity index (χ4n) is 0.682. The monoisotopic (exact) mass is 137 g/mol. The quantitative estimate of drug-likeness (QED) is 0.489. The first-order valence-electron chi connectivity index (χ1n) is 2.88. The lowest BCUT2D eigenvalue weighted by Crippen LogP contribution is -1.89. The highest BCUT2D eigenvalue weighted by Crippen LogP contribution is 2.00. The molecule has 0 aliphatic carbocycles. The van der Waals surface area contributed by atoms with Crippen LogP contribution in [-0.4, -0.2) is 17.1 Å². The van der Waals surface area contributed by atoms with Crippen LogP contribution in [0, 0.1) is 0 Å². The Bertz CT molecular complexity index is 262. The number of nitrogens with one attached hydrogen (secondary N) is 1. The van der Waals surface area contributed by atoms with Gasteiger partial charge in [-0.15, -0.1) is 0 Å². The second-order valence-electron chi connectivity index (χ2n) is 2.02. The second-order valence-corrected chi connectivity index (χ2v) is 2.02. The van der Waals surface area contributed by atoms with Gasteiger partial charge in [0.1, 0.15) is 0 Å². The zero-order valence-electron chi connectivity index (χ0n) is 5.55. The van der Waals surface area contributed by atoms with E-state index in [9.17, 15) is 9.59 Å². The Morgan fingerprint density at radius 2 is 2.40 bits per heavy atom. The molecule has 0 bridgehead atoms. The summed E-state index contributed by atoms with van der Waals surface area (Å²) >= 11 is 0. The van der Waals surface area contributed by atoms with Gasteiger partial charge in [0.15, 0.2) is 12.1 Å². The highest BCUT2D eigenvalue weighted by molar-refractivity contribution is 5.94. The standard InChI is InChI=1S/C7H7NO2/c1-5(10)7-2-6(4-9)3-8-7/h2-4,8H,1H3. The maximum Gasteiger partial charge on any atom is 0.175 e. The summed E-state index contributed by atoms with van der Waals surface area (Å²) in [5, 5.41) is 0. The number of hydrogen-bond acceptors (Lipinski definition) is 2. The molecular formula is C7H7NO2. The van der Waals surface area contributed by atoms with E-state index < -0.39 is 0 Å². The first-order chi connectivity index (χ1) is 4.74. The number of aromatic amines is 1. The molecule has 1 rings (SSSR count). The van der Waals surface area contributed by atoms with E-state index in [0.29, 0.717) is 17.5 Å². The van der Waals surface area contributed by atoms with Crippen LogP contribution >= 0.6 is 0 Å². The van der Waals surface area contributed by atoms with Gasteiger partial charge in [-0.1, -0.05) is 0 Å². The Hall–Kier alpha value is -1.38. The Balaban J connectivity index is 2.98. The molecule has 0 aliphatic rings. The molecule has 1 aromatic heterocycles. The van der Waals surface area contributed by atoms with Gasteiger partial charge in [-0.25, -0.2) is 0 Å². The third kappa shape index (κ3) is 1.13. The van der Waals surface area contributed by atoms with Crippen molar-refractivity contribution in [2.75, 3.05) is 0 Å². The van der Waals surface area contributed by atoms with E-state index in [1.54, 1.807) is 0 Å². The fourth-order valence-corrected chi connectivity index (χ4v) is 0.682. The van der Waals surface area contributed by atoms with Gasteiger partial charge in [0.2, 0.25) is 0 Å². The first-order valence-corrected chi connectivity index (χ1v) is 2.88. The number of aldehydes is 1. The third-order valence-electron chi connectivity index (χ3n) is 1.22. The highest BCUT2D eigenvalue weighted by atomic mass is 16.1. The molecule has 0 spiro atoms. The number of Topliss-reactive ketones (excluding diaryl/α,β-unsaturated/α-hetero) is 1. The largest absolute Gasteiger partial charge is 0.358 e. The van der Waals surface area contributed by atoms with E-state index in [0.717, 1.165) is 0 Å². The van der Waals surface area contributed by atoms with Crippen LogP contribution < -0.4 is 0 Å². The summed E-state index contributed by atoms with van der Waals surface area (Å²) in [5.41, 5.74) is 0.979. The molecule has 3 nitrogen and oxygen atoms in total. The number of hydrogen-bond donors (Lipinski definition) is 1. The lowest BCUT2D eigenvalue weighted by molar-refractivity contribution is 0.101. The van der Waals surface area contributed by atoms with Crippen LogP contribution in [-0.2, 0) is 0 Å². The van der Waals surface area contributed by atoms with Crippen molar-refractivity contribution in [2.24, 2.45) is 0 Å². The summed E-state index contributed by atoms with van der Waals surface area (Å²) in [4.78, 5) is 23.4. The number of carbonyl (C=O) groups excluding carboxylic acids is 2. The Morgan fingerprint density at radius 3 is 2.70 bits per heavy atom. The minimum Gasteiger partial charge on any atom is -0.358 e. The molecular weight excluding hydrogens is 130 g/mol. The van der Waals surface area contributed by atoms with Crippen LogP contribution in [0.5, 0.6) is 0 Å². The average Bonchev–Trinajstić information content (AvgIpc) is 2.34. The molecule has 1 N–H and O–H groups in total. The second kappa shape index (κ2) is 2.47. The molecule has 0 fully saturated rings. The molecule has 0 aromatic carbocycles. The Kier molecular flexibility index (Phi) is 1.67. The van der Waals surface area contributed by atoms with Crippen molar-refractivity contribution >= 4 is 12.1 Å². The number of H-pyrrole nitrogens is 1. The topological polar surface area (TPSA) is 49.9 Å². The predicted molar refractivity (Wildman–Crippen MR) is 36.2 cm³/mol. The van der Waals surface area contributed by atoms with Gasteiger partial charge < -0.3 is 4.98 Å². The lowest BCUT2D eigenvalue weighted by atomic mass is 10.3. The molecule has 52 valence electrons. The van der Waals surface area contributed by atoms with Crippen molar-refractivity contribution in [1.29, 1.82) is 0 Å². The molecule has 0 unspecified atom stereocenters. The minimum absolute atomic E-state index is 0.0619. The van der Waals surface area contributed by atoms with E-state index in [-0.39, 0.29) is 5.78 Å². The molecule has 0 amide bonds. The predicted octanol–water partition coefficient (Wildman–Crippen LogP) is 1.03. The normalized spacial score (nSPS) is 9.30. The highest BCUT2D eigenvalue weighted by Gasteiger charge is 2.00. The Labute approximate surface area is 58.1 Å². The van der Waals surface area contributed by atoms with E-state index in [4.69, 9.17) is 0 Å². The smallest absolute Gasteiger partial charge is 0.175 e. The number of aromatic nitrogens is 1. The maximum atomic E-state index is 10.6. The SMILES string of the molecule is CC(=O)c1cc(C=O)c[nH]1. The van der Waals surface area contributed by atoms with Crippen molar-refractivity contribution in [1.82, 2.24) is 4.98 Å². The van der Waals surface area contributed by atoms with Crippen LogP contribution in [0.3, 0.4) is 0 Å². The van der Waals surface area contributed by atoms with Gasteiger partial charge in [0.05, 0.1) is 5.69 Å². The molecule has 0 aliphatic heterocycles. The number of rotatable bonds is 2. The maximum absolute atomic E-state index is 10.6. The van der Waals surface area contributed by atoms with Gasteiger partial charge >= 0.3 is 0 Å². The van der Waals surface area contributed by atoms with Crippen molar-refractivity contribution < 1.29 is 9.59 Å². The first kappa shape index (κ1) is 6.74. The molecule has 10 heavy (non-hydrogen) atoms. The van der Waals surface area contributed by atoms with E-state index >= 15 is 0 Å². The van der Waals surface area contributed by atoms with E-state index in [1.165, 1.54) is 19.2 Å². The van der Waals surface area contributed by atoms with Crippen molar-refractivity contribution in [3.8, 4) is 0 Å². The van der Waals surface area contributed by atoms with Gasteiger partial charge in [-0.05, 0) is 6.07 Å². The summed E-state index contributed by atoms with van der Waals surface area (Å²) in [6, 6.07) is 1.52. The zero-order chi connectivity index (χ0) is 7.56. The average molecular weight is 137 g/mol. The summed E-state index contributed by atoms with van der Waals surface area (Å²) in [6.45, 7) is 1.44. The number of carbonyl (C=O) groups is 2. The van der Waals surface area contributed by atoms with Crippen LogP contribution in [0.2, 0.25) is 0 Å². The van der Waals surface area contributed by atoms with Crippen molar-refractivity contribution in [3.05, 3.63) is 23.5 Å². The van der Waals surface area contributed by atoms with Gasteiger partial charge in [-0.3, -0.25) is 9.59 Å². The molecule has 0 radical (unpaired) electrons. The lowest BCUT2D eigenvalue weighted by Gasteiger charge is -1.82. The minimum atomic E-state index is -0.0619. The third-order valence-corrected chi connectivity index (χ3v) is 1.22. The summed E-state index contributed by atoms with van der Waals surface area (Å²) in [6.07, 6.45) is 2.20. The van der Waals surface area contributed by atoms with Crippen molar-refractivity contribution in [2.45, 2.75) is 6.92 Å². The molecule has 3 heteroatoms. The van der Waals surface area contributed by atoms with Gasteiger partial charge in [-0.2, -0.15) is 0 Å². The summed E-state index contributed by atoms with van der Waals surface area (Å²) < 4.78 is 0. The van der Waals surface area contributed by atoms with Crippen LogP contribution in [0.1, 0.15) is 27.8 Å². The van der Waals surface area contributed by atoms with E-state index in [2.05, 4.69) is 4.98 Å². The Morgan fingerprint density at radius 1 is 1.70 bits per heavy atom. The van der Waals surface area contributed by atoms with Gasteiger partial charge in [0, 0.05) is 18.7 Å². The molecule has 0 atom stereocenters. The summed E-state index contributed by atoms with van der Waals surface area (Å²) in [5.74, 6) is -0.0619. The van der Waals surface area contributed by atoms with Crippen LogP contribution in [0.4, 0.5) is 0 Å². The molecule has 0 saturated heterocycles. The van der Waals surface area contributed by atoms with Crippen LogP contribution in [0.25, 0.3) is 0 Å². The zero-order valence-corrected chi connectivity index (χ0v) is 5.55. The molecule has 1 aromatic rings. The fraction of sp³-hybridized carbons (Fsp3) is 0.143. The van der Waals surface area contributed by atoms with Gasteiger partial charge in [0.25, 0.3) is 0 Å². The molecule has 0 saturated carbocycles. The number of ketones is 1. The van der Waals surface area contributed by atoms with E-state index in [1.807, 2.05) is 0 Å². The molecule has 1 heterocycles. The van der Waals surface area contributed by atoms with Crippen LogP contribution in [0.15, 0.2) is 12.3 Å².